The number of anilines is 1. The summed E-state index contributed by atoms with van der Waals surface area (Å²) in [5.74, 6) is 2.24. The van der Waals surface area contributed by atoms with Gasteiger partial charge >= 0.3 is 0 Å². The highest BCUT2D eigenvalue weighted by Crippen LogP contribution is 2.31. The molecule has 4 rings (SSSR count). The number of aromatic nitrogens is 4. The lowest BCUT2D eigenvalue weighted by Crippen LogP contribution is -2.42. The fourth-order valence-electron chi connectivity index (χ4n) is 3.29. The standard InChI is InChI=1S/C17H22N6O2S/c1-11-7-13-16(19-10-20-17(13)26-11)23-5-3-12(4-6-23)18-8-14-21-15(9-24-2)25-22-14/h7,10,12,18H,3-6,8-9H2,1-2H3. The molecule has 0 aromatic carbocycles. The molecule has 1 aliphatic rings. The fraction of sp³-hybridized carbons (Fsp3) is 0.529. The van der Waals surface area contributed by atoms with Crippen LogP contribution in [-0.2, 0) is 17.9 Å². The van der Waals surface area contributed by atoms with E-state index >= 15 is 0 Å². The molecule has 0 radical (unpaired) electrons. The number of nitrogens with one attached hydrogen (secondary N) is 1. The highest BCUT2D eigenvalue weighted by Gasteiger charge is 2.22. The van der Waals surface area contributed by atoms with E-state index in [2.05, 4.69) is 43.3 Å². The minimum Gasteiger partial charge on any atom is -0.375 e. The molecule has 4 heterocycles. The number of aryl methyl sites for hydroxylation is 1. The van der Waals surface area contributed by atoms with E-state index in [0.29, 0.717) is 30.9 Å². The highest BCUT2D eigenvalue weighted by atomic mass is 32.1. The molecule has 0 amide bonds. The van der Waals surface area contributed by atoms with Crippen molar-refractivity contribution in [3.8, 4) is 0 Å². The van der Waals surface area contributed by atoms with E-state index in [9.17, 15) is 0 Å². The van der Waals surface area contributed by atoms with Crippen LogP contribution in [0, 0.1) is 6.92 Å². The van der Waals surface area contributed by atoms with Crippen LogP contribution in [0.2, 0.25) is 0 Å². The number of hydrogen-bond acceptors (Lipinski definition) is 9. The molecule has 1 fully saturated rings. The number of ether oxygens (including phenoxy) is 1. The van der Waals surface area contributed by atoms with Crippen molar-refractivity contribution in [2.45, 2.75) is 39.0 Å². The van der Waals surface area contributed by atoms with Crippen molar-refractivity contribution < 1.29 is 9.26 Å². The normalized spacial score (nSPS) is 15.8. The molecule has 0 aliphatic carbocycles. The van der Waals surface area contributed by atoms with E-state index in [0.717, 1.165) is 36.6 Å². The smallest absolute Gasteiger partial charge is 0.252 e. The fourth-order valence-corrected chi connectivity index (χ4v) is 4.13. The molecule has 1 N–H and O–H groups in total. The first-order valence-electron chi connectivity index (χ1n) is 8.73. The maximum absolute atomic E-state index is 5.12. The molecule has 3 aromatic heterocycles. The summed E-state index contributed by atoms with van der Waals surface area (Å²) in [4.78, 5) is 17.9. The molecule has 26 heavy (non-hydrogen) atoms. The molecular formula is C17H22N6O2S. The largest absolute Gasteiger partial charge is 0.375 e. The second-order valence-electron chi connectivity index (χ2n) is 6.45. The number of thiophene rings is 1. The summed E-state index contributed by atoms with van der Waals surface area (Å²) in [5.41, 5.74) is 0. The summed E-state index contributed by atoms with van der Waals surface area (Å²) < 4.78 is 10.1. The predicted octanol–water partition coefficient (Wildman–Crippen LogP) is 2.29. The molecule has 1 saturated heterocycles. The van der Waals surface area contributed by atoms with Gasteiger partial charge in [-0.25, -0.2) is 9.97 Å². The Balaban J connectivity index is 1.33. The maximum atomic E-state index is 5.12. The molecule has 0 saturated carbocycles. The van der Waals surface area contributed by atoms with E-state index in [1.807, 2.05) is 0 Å². The Bertz CT molecular complexity index is 871. The summed E-state index contributed by atoms with van der Waals surface area (Å²) in [6.45, 7) is 5.02. The summed E-state index contributed by atoms with van der Waals surface area (Å²) in [7, 11) is 1.61. The van der Waals surface area contributed by atoms with E-state index in [-0.39, 0.29) is 0 Å². The lowest BCUT2D eigenvalue weighted by Gasteiger charge is -2.33. The first-order chi connectivity index (χ1) is 12.7. The van der Waals surface area contributed by atoms with Crippen molar-refractivity contribution in [1.82, 2.24) is 25.4 Å². The summed E-state index contributed by atoms with van der Waals surface area (Å²) in [6.07, 6.45) is 3.78. The molecule has 0 bridgehead atoms. The molecule has 1 aliphatic heterocycles. The Kier molecular flexibility index (Phi) is 5.09. The monoisotopic (exact) mass is 374 g/mol. The number of rotatable bonds is 6. The van der Waals surface area contributed by atoms with Crippen molar-refractivity contribution in [1.29, 1.82) is 0 Å². The lowest BCUT2D eigenvalue weighted by atomic mass is 10.0. The van der Waals surface area contributed by atoms with Crippen LogP contribution in [0.1, 0.15) is 29.4 Å². The Hall–Kier alpha value is -2.10. The number of nitrogens with zero attached hydrogens (tertiary/aromatic N) is 5. The van der Waals surface area contributed by atoms with E-state index < -0.39 is 0 Å². The zero-order valence-corrected chi connectivity index (χ0v) is 15.8. The number of hydrogen-bond donors (Lipinski definition) is 1. The van der Waals surface area contributed by atoms with Gasteiger partial charge < -0.3 is 19.5 Å². The molecule has 0 atom stereocenters. The third-order valence-electron chi connectivity index (χ3n) is 4.55. The Morgan fingerprint density at radius 3 is 3.00 bits per heavy atom. The minimum atomic E-state index is 0.348. The molecular weight excluding hydrogens is 352 g/mol. The van der Waals surface area contributed by atoms with Gasteiger partial charge in [0.2, 0.25) is 0 Å². The third kappa shape index (κ3) is 3.69. The van der Waals surface area contributed by atoms with Gasteiger partial charge in [-0.1, -0.05) is 5.16 Å². The van der Waals surface area contributed by atoms with Gasteiger partial charge in [0.05, 0.1) is 11.9 Å². The van der Waals surface area contributed by atoms with Crippen molar-refractivity contribution >= 4 is 27.4 Å². The first-order valence-corrected chi connectivity index (χ1v) is 9.54. The van der Waals surface area contributed by atoms with Crippen molar-refractivity contribution in [2.75, 3.05) is 25.1 Å². The Morgan fingerprint density at radius 2 is 2.19 bits per heavy atom. The van der Waals surface area contributed by atoms with Gasteiger partial charge in [0.15, 0.2) is 5.82 Å². The quantitative estimate of drug-likeness (QED) is 0.703. The molecule has 9 heteroatoms. The molecule has 8 nitrogen and oxygen atoms in total. The highest BCUT2D eigenvalue weighted by molar-refractivity contribution is 7.18. The zero-order valence-electron chi connectivity index (χ0n) is 14.9. The Labute approximate surface area is 155 Å². The van der Waals surface area contributed by atoms with Gasteiger partial charge in [-0.2, -0.15) is 4.98 Å². The summed E-state index contributed by atoms with van der Waals surface area (Å²) in [6, 6.07) is 2.63. The second-order valence-corrected chi connectivity index (χ2v) is 7.69. The molecule has 0 unspecified atom stereocenters. The van der Waals surface area contributed by atoms with Crippen LogP contribution in [0.3, 0.4) is 0 Å². The van der Waals surface area contributed by atoms with Crippen molar-refractivity contribution in [3.63, 3.8) is 0 Å². The summed E-state index contributed by atoms with van der Waals surface area (Å²) in [5, 5.41) is 8.65. The van der Waals surface area contributed by atoms with Gasteiger partial charge in [-0.3, -0.25) is 0 Å². The SMILES string of the molecule is COCc1nc(CNC2CCN(c3ncnc4sc(C)cc34)CC2)no1. The van der Waals surface area contributed by atoms with E-state index in [4.69, 9.17) is 9.26 Å². The molecule has 0 spiro atoms. The minimum absolute atomic E-state index is 0.348. The van der Waals surface area contributed by atoms with Crippen LogP contribution >= 0.6 is 11.3 Å². The van der Waals surface area contributed by atoms with Crippen molar-refractivity contribution in [3.05, 3.63) is 29.0 Å². The number of methoxy groups -OCH3 is 1. The van der Waals surface area contributed by atoms with Crippen LogP contribution in [0.5, 0.6) is 0 Å². The van der Waals surface area contributed by atoms with Crippen LogP contribution in [0.4, 0.5) is 5.82 Å². The zero-order chi connectivity index (χ0) is 17.9. The number of piperidine rings is 1. The summed E-state index contributed by atoms with van der Waals surface area (Å²) >= 11 is 1.72. The molecule has 138 valence electrons. The van der Waals surface area contributed by atoms with Crippen LogP contribution in [0.25, 0.3) is 10.2 Å². The average molecular weight is 374 g/mol. The maximum Gasteiger partial charge on any atom is 0.252 e. The van der Waals surface area contributed by atoms with Gasteiger partial charge in [-0.05, 0) is 25.8 Å². The molecule has 3 aromatic rings. The van der Waals surface area contributed by atoms with Gasteiger partial charge in [0.25, 0.3) is 5.89 Å². The number of fused-ring (bicyclic) bond motifs is 1. The Morgan fingerprint density at radius 1 is 1.35 bits per heavy atom. The lowest BCUT2D eigenvalue weighted by molar-refractivity contribution is 0.151. The average Bonchev–Trinajstić information content (AvgIpc) is 3.26. The topological polar surface area (TPSA) is 89.2 Å². The van der Waals surface area contributed by atoms with E-state index in [1.165, 1.54) is 10.3 Å². The van der Waals surface area contributed by atoms with Crippen LogP contribution in [0.15, 0.2) is 16.9 Å². The first kappa shape index (κ1) is 17.3. The van der Waals surface area contributed by atoms with Gasteiger partial charge in [0.1, 0.15) is 23.6 Å². The third-order valence-corrected chi connectivity index (χ3v) is 5.51. The van der Waals surface area contributed by atoms with Gasteiger partial charge in [0, 0.05) is 31.1 Å². The van der Waals surface area contributed by atoms with Crippen molar-refractivity contribution in [2.24, 2.45) is 0 Å². The second kappa shape index (κ2) is 7.65. The predicted molar refractivity (Wildman–Crippen MR) is 99.2 cm³/mol. The van der Waals surface area contributed by atoms with Crippen LogP contribution < -0.4 is 10.2 Å². The van der Waals surface area contributed by atoms with E-state index in [1.54, 1.807) is 24.8 Å². The van der Waals surface area contributed by atoms with Crippen LogP contribution in [-0.4, -0.2) is 46.3 Å². The van der Waals surface area contributed by atoms with Gasteiger partial charge in [-0.15, -0.1) is 11.3 Å².